The summed E-state index contributed by atoms with van der Waals surface area (Å²) in [5, 5.41) is 17.1. The fourth-order valence-electron chi connectivity index (χ4n) is 2.63. The normalized spacial score (nSPS) is 10.3. The lowest BCUT2D eigenvalue weighted by atomic mass is 10.1. The van der Waals surface area contributed by atoms with Gasteiger partial charge in [-0.3, -0.25) is 5.32 Å². The van der Waals surface area contributed by atoms with Crippen molar-refractivity contribution in [2.24, 2.45) is 0 Å². The second-order valence-corrected chi connectivity index (χ2v) is 6.58. The standard InChI is InChI=1S/C21H16ClN7O/c22-15-12-23-20(24-13-15)25-17-8-4-5-9-18(17)26-21(30)27-19-11-10-16(28-29-19)14-6-2-1-3-7-14/h1-13H,(H,23,24,25)(H2,26,27,29,30). The fourth-order valence-corrected chi connectivity index (χ4v) is 2.73. The molecule has 30 heavy (non-hydrogen) atoms. The smallest absolute Gasteiger partial charge is 0.322 e. The van der Waals surface area contributed by atoms with Crippen molar-refractivity contribution in [1.29, 1.82) is 0 Å². The number of aromatic nitrogens is 4. The predicted octanol–water partition coefficient (Wildman–Crippen LogP) is 4.97. The Bertz CT molecular complexity index is 1140. The molecule has 0 bridgehead atoms. The van der Waals surface area contributed by atoms with Crippen LogP contribution in [0, 0.1) is 0 Å². The van der Waals surface area contributed by atoms with Crippen molar-refractivity contribution >= 4 is 40.8 Å². The van der Waals surface area contributed by atoms with Crippen LogP contribution in [0.15, 0.2) is 79.1 Å². The minimum atomic E-state index is -0.456. The van der Waals surface area contributed by atoms with Crippen LogP contribution in [0.4, 0.5) is 27.9 Å². The summed E-state index contributed by atoms with van der Waals surface area (Å²) in [5.74, 6) is 0.690. The molecule has 0 radical (unpaired) electrons. The summed E-state index contributed by atoms with van der Waals surface area (Å²) >= 11 is 5.81. The highest BCUT2D eigenvalue weighted by molar-refractivity contribution is 6.30. The molecule has 148 valence electrons. The van der Waals surface area contributed by atoms with E-state index in [1.165, 1.54) is 12.4 Å². The molecular formula is C21H16ClN7O. The van der Waals surface area contributed by atoms with Gasteiger partial charge in [0.25, 0.3) is 0 Å². The molecule has 9 heteroatoms. The Balaban J connectivity index is 1.42. The van der Waals surface area contributed by atoms with E-state index >= 15 is 0 Å². The molecule has 0 fully saturated rings. The van der Waals surface area contributed by atoms with Crippen molar-refractivity contribution in [2.45, 2.75) is 0 Å². The van der Waals surface area contributed by atoms with Crippen LogP contribution >= 0.6 is 11.6 Å². The van der Waals surface area contributed by atoms with Gasteiger partial charge in [0.15, 0.2) is 5.82 Å². The van der Waals surface area contributed by atoms with Crippen molar-refractivity contribution in [3.8, 4) is 11.3 Å². The molecule has 2 heterocycles. The minimum absolute atomic E-state index is 0.332. The van der Waals surface area contributed by atoms with E-state index in [1.54, 1.807) is 30.3 Å². The highest BCUT2D eigenvalue weighted by Gasteiger charge is 2.09. The van der Waals surface area contributed by atoms with E-state index < -0.39 is 6.03 Å². The molecule has 8 nitrogen and oxygen atoms in total. The van der Waals surface area contributed by atoms with Crippen molar-refractivity contribution < 1.29 is 4.79 Å². The lowest BCUT2D eigenvalue weighted by Gasteiger charge is -2.12. The van der Waals surface area contributed by atoms with Gasteiger partial charge in [0.1, 0.15) is 0 Å². The Morgan fingerprint density at radius 2 is 1.47 bits per heavy atom. The third-order valence-corrected chi connectivity index (χ3v) is 4.21. The average Bonchev–Trinajstić information content (AvgIpc) is 2.78. The van der Waals surface area contributed by atoms with Gasteiger partial charge < -0.3 is 10.6 Å². The summed E-state index contributed by atoms with van der Waals surface area (Å²) < 4.78 is 0. The topological polar surface area (TPSA) is 105 Å². The van der Waals surface area contributed by atoms with E-state index in [1.807, 2.05) is 36.4 Å². The molecule has 2 aromatic carbocycles. The van der Waals surface area contributed by atoms with Crippen LogP contribution in [0.1, 0.15) is 0 Å². The van der Waals surface area contributed by atoms with Gasteiger partial charge in [0.05, 0.1) is 34.5 Å². The lowest BCUT2D eigenvalue weighted by Crippen LogP contribution is -2.21. The molecule has 0 saturated carbocycles. The Morgan fingerprint density at radius 1 is 0.767 bits per heavy atom. The summed E-state index contributed by atoms with van der Waals surface area (Å²) in [7, 11) is 0. The van der Waals surface area contributed by atoms with Crippen LogP contribution in [-0.2, 0) is 0 Å². The van der Waals surface area contributed by atoms with E-state index in [2.05, 4.69) is 36.1 Å². The Labute approximate surface area is 177 Å². The molecule has 4 rings (SSSR count). The third kappa shape index (κ3) is 4.86. The number of nitrogens with one attached hydrogen (secondary N) is 3. The highest BCUT2D eigenvalue weighted by Crippen LogP contribution is 2.24. The first-order valence-corrected chi connectivity index (χ1v) is 9.36. The third-order valence-electron chi connectivity index (χ3n) is 4.02. The zero-order chi connectivity index (χ0) is 20.8. The number of hydrogen-bond acceptors (Lipinski definition) is 6. The molecule has 0 spiro atoms. The molecule has 0 aliphatic heterocycles. The summed E-state index contributed by atoms with van der Waals surface area (Å²) in [6.45, 7) is 0. The van der Waals surface area contributed by atoms with E-state index in [0.29, 0.717) is 28.2 Å². The quantitative estimate of drug-likeness (QED) is 0.423. The molecule has 0 aliphatic rings. The SMILES string of the molecule is O=C(Nc1ccc(-c2ccccc2)nn1)Nc1ccccc1Nc1ncc(Cl)cn1. The van der Waals surface area contributed by atoms with Crippen LogP contribution in [0.2, 0.25) is 5.02 Å². The van der Waals surface area contributed by atoms with Gasteiger partial charge in [-0.25, -0.2) is 14.8 Å². The number of carbonyl (C=O) groups is 1. The first kappa shape index (κ1) is 19.3. The predicted molar refractivity (Wildman–Crippen MR) is 117 cm³/mol. The number of anilines is 4. The molecular weight excluding hydrogens is 402 g/mol. The monoisotopic (exact) mass is 417 g/mol. The number of benzene rings is 2. The van der Waals surface area contributed by atoms with Gasteiger partial charge in [-0.15, -0.1) is 10.2 Å². The second-order valence-electron chi connectivity index (χ2n) is 6.14. The van der Waals surface area contributed by atoms with E-state index in [-0.39, 0.29) is 0 Å². The van der Waals surface area contributed by atoms with Crippen LogP contribution in [0.25, 0.3) is 11.3 Å². The van der Waals surface area contributed by atoms with Crippen molar-refractivity contribution in [3.05, 3.63) is 84.1 Å². The van der Waals surface area contributed by atoms with Gasteiger partial charge in [-0.05, 0) is 24.3 Å². The molecule has 3 N–H and O–H groups in total. The van der Waals surface area contributed by atoms with Crippen molar-refractivity contribution in [3.63, 3.8) is 0 Å². The largest absolute Gasteiger partial charge is 0.324 e. The Morgan fingerprint density at radius 3 is 2.17 bits per heavy atom. The van der Waals surface area contributed by atoms with E-state index in [4.69, 9.17) is 11.6 Å². The van der Waals surface area contributed by atoms with Gasteiger partial charge in [0, 0.05) is 5.56 Å². The van der Waals surface area contributed by atoms with E-state index in [0.717, 1.165) is 11.3 Å². The average molecular weight is 418 g/mol. The number of urea groups is 1. The minimum Gasteiger partial charge on any atom is -0.322 e. The number of rotatable bonds is 5. The Hall–Kier alpha value is -4.04. The Kier molecular flexibility index (Phi) is 5.77. The summed E-state index contributed by atoms with van der Waals surface area (Å²) in [4.78, 5) is 20.6. The first-order valence-electron chi connectivity index (χ1n) is 8.98. The molecule has 0 aliphatic carbocycles. The molecule has 2 amide bonds. The molecule has 4 aromatic rings. The van der Waals surface area contributed by atoms with Gasteiger partial charge >= 0.3 is 6.03 Å². The van der Waals surface area contributed by atoms with Gasteiger partial charge in [0.2, 0.25) is 5.95 Å². The maximum Gasteiger partial charge on any atom is 0.324 e. The summed E-state index contributed by atoms with van der Waals surface area (Å²) in [6, 6.07) is 19.9. The zero-order valence-electron chi connectivity index (χ0n) is 15.6. The maximum absolute atomic E-state index is 12.4. The molecule has 0 saturated heterocycles. The number of halogens is 1. The van der Waals surface area contributed by atoms with Gasteiger partial charge in [-0.2, -0.15) is 0 Å². The molecule has 2 aromatic heterocycles. The summed E-state index contributed by atoms with van der Waals surface area (Å²) in [5.41, 5.74) is 2.84. The van der Waals surface area contributed by atoms with Crippen LogP contribution < -0.4 is 16.0 Å². The highest BCUT2D eigenvalue weighted by atomic mass is 35.5. The van der Waals surface area contributed by atoms with Crippen LogP contribution in [0.5, 0.6) is 0 Å². The van der Waals surface area contributed by atoms with E-state index in [9.17, 15) is 4.79 Å². The van der Waals surface area contributed by atoms with Gasteiger partial charge in [-0.1, -0.05) is 54.1 Å². The maximum atomic E-state index is 12.4. The number of hydrogen-bond donors (Lipinski definition) is 3. The lowest BCUT2D eigenvalue weighted by molar-refractivity contribution is 0.262. The number of nitrogens with zero attached hydrogens (tertiary/aromatic N) is 4. The molecule has 0 unspecified atom stereocenters. The van der Waals surface area contributed by atoms with Crippen molar-refractivity contribution in [1.82, 2.24) is 20.2 Å². The molecule has 0 atom stereocenters. The zero-order valence-corrected chi connectivity index (χ0v) is 16.3. The number of carbonyl (C=O) groups excluding carboxylic acids is 1. The number of amides is 2. The number of para-hydroxylation sites is 2. The van der Waals surface area contributed by atoms with Crippen LogP contribution in [-0.4, -0.2) is 26.2 Å². The summed E-state index contributed by atoms with van der Waals surface area (Å²) in [6.07, 6.45) is 2.97. The fraction of sp³-hybridized carbons (Fsp3) is 0. The van der Waals surface area contributed by atoms with Crippen LogP contribution in [0.3, 0.4) is 0 Å². The van der Waals surface area contributed by atoms with Crippen molar-refractivity contribution in [2.75, 3.05) is 16.0 Å². The first-order chi connectivity index (χ1) is 14.7. The second kappa shape index (κ2) is 8.97.